The molecule has 1 aliphatic rings. The van der Waals surface area contributed by atoms with Crippen LogP contribution in [-0.2, 0) is 14.3 Å². The molecule has 8 nitrogen and oxygen atoms in total. The van der Waals surface area contributed by atoms with E-state index in [4.69, 9.17) is 9.47 Å². The number of nitrogens with one attached hydrogen (secondary N) is 2. The molecule has 1 fully saturated rings. The Hall–Kier alpha value is -3.62. The highest BCUT2D eigenvalue weighted by Gasteiger charge is 2.36. The number of ether oxygens (including phenoxy) is 2. The van der Waals surface area contributed by atoms with Crippen molar-refractivity contribution in [2.24, 2.45) is 5.92 Å². The van der Waals surface area contributed by atoms with Gasteiger partial charge in [-0.15, -0.1) is 0 Å². The Balaban J connectivity index is 1.74. The lowest BCUT2D eigenvalue weighted by Gasteiger charge is -2.21. The maximum Gasteiger partial charge on any atom is 0.412 e. The topological polar surface area (TPSA) is 97.0 Å². The summed E-state index contributed by atoms with van der Waals surface area (Å²) in [5.41, 5.74) is 0.108. The molecule has 1 aliphatic heterocycles. The predicted molar refractivity (Wildman–Crippen MR) is 118 cm³/mol. The first-order valence-electron chi connectivity index (χ1n) is 10.1. The molecule has 3 rings (SSSR count). The number of nitrogens with zero attached hydrogens (tertiary/aromatic N) is 1. The molecule has 1 heterocycles. The van der Waals surface area contributed by atoms with E-state index < -0.39 is 29.3 Å². The van der Waals surface area contributed by atoms with Crippen LogP contribution in [-0.4, -0.2) is 37.2 Å². The first-order valence-corrected chi connectivity index (χ1v) is 10.1. The van der Waals surface area contributed by atoms with E-state index in [1.807, 2.05) is 0 Å². The van der Waals surface area contributed by atoms with Crippen molar-refractivity contribution in [3.05, 3.63) is 48.3 Å². The largest absolute Gasteiger partial charge is 0.495 e. The van der Waals surface area contributed by atoms with E-state index in [1.165, 1.54) is 18.1 Å². The summed E-state index contributed by atoms with van der Waals surface area (Å²) in [5, 5.41) is 5.14. The van der Waals surface area contributed by atoms with E-state index in [1.54, 1.807) is 45.0 Å². The number of benzene rings is 2. The molecule has 2 aromatic carbocycles. The number of anilines is 3. The van der Waals surface area contributed by atoms with Crippen molar-refractivity contribution < 1.29 is 28.2 Å². The van der Waals surface area contributed by atoms with Crippen LogP contribution >= 0.6 is 0 Å². The minimum Gasteiger partial charge on any atom is -0.495 e. The number of amides is 3. The van der Waals surface area contributed by atoms with Gasteiger partial charge < -0.3 is 19.7 Å². The van der Waals surface area contributed by atoms with E-state index in [0.717, 1.165) is 12.1 Å². The van der Waals surface area contributed by atoms with Gasteiger partial charge in [0.15, 0.2) is 0 Å². The quantitative estimate of drug-likeness (QED) is 0.723. The van der Waals surface area contributed by atoms with Gasteiger partial charge in [-0.2, -0.15) is 0 Å². The number of carbonyl (C=O) groups excluding carboxylic acids is 3. The Morgan fingerprint density at radius 1 is 1.09 bits per heavy atom. The summed E-state index contributed by atoms with van der Waals surface area (Å²) in [6.45, 7) is 5.29. The standard InChI is InChI=1S/C23H26FN3O5/c1-23(2,3)32-22(30)26-16-10-9-15(24)12-17(16)25-21(29)14-11-20(28)27(13-14)18-7-5-6-8-19(18)31-4/h5-10,12,14H,11,13H2,1-4H3,(H,25,29)(H,26,30). The van der Waals surface area contributed by atoms with Crippen LogP contribution in [0, 0.1) is 11.7 Å². The van der Waals surface area contributed by atoms with Gasteiger partial charge in [0, 0.05) is 13.0 Å². The van der Waals surface area contributed by atoms with Crippen molar-refractivity contribution in [1.29, 1.82) is 0 Å². The van der Waals surface area contributed by atoms with Crippen LogP contribution in [0.15, 0.2) is 42.5 Å². The van der Waals surface area contributed by atoms with Crippen LogP contribution < -0.4 is 20.3 Å². The number of carbonyl (C=O) groups is 3. The average Bonchev–Trinajstić information content (AvgIpc) is 3.10. The summed E-state index contributed by atoms with van der Waals surface area (Å²) in [5.74, 6) is -1.41. The van der Waals surface area contributed by atoms with Gasteiger partial charge in [0.25, 0.3) is 0 Å². The van der Waals surface area contributed by atoms with Crippen molar-refractivity contribution in [2.75, 3.05) is 29.2 Å². The number of hydrogen-bond acceptors (Lipinski definition) is 5. The van der Waals surface area contributed by atoms with E-state index in [2.05, 4.69) is 10.6 Å². The van der Waals surface area contributed by atoms with Gasteiger partial charge in [-0.05, 0) is 51.1 Å². The maximum absolute atomic E-state index is 13.8. The number of rotatable bonds is 5. The average molecular weight is 443 g/mol. The third-order valence-electron chi connectivity index (χ3n) is 4.75. The molecule has 1 atom stereocenters. The Bertz CT molecular complexity index is 1030. The fourth-order valence-electron chi connectivity index (χ4n) is 3.35. The molecular formula is C23H26FN3O5. The molecule has 0 aromatic heterocycles. The zero-order chi connectivity index (χ0) is 23.5. The van der Waals surface area contributed by atoms with Crippen LogP contribution in [0.5, 0.6) is 5.75 Å². The van der Waals surface area contributed by atoms with E-state index in [0.29, 0.717) is 11.4 Å². The zero-order valence-corrected chi connectivity index (χ0v) is 18.4. The van der Waals surface area contributed by atoms with Crippen molar-refractivity contribution in [3.63, 3.8) is 0 Å². The molecule has 170 valence electrons. The number of methoxy groups -OCH3 is 1. The smallest absolute Gasteiger partial charge is 0.412 e. The highest BCUT2D eigenvalue weighted by atomic mass is 19.1. The second-order valence-corrected chi connectivity index (χ2v) is 8.38. The normalized spacial score (nSPS) is 16.0. The molecule has 9 heteroatoms. The van der Waals surface area contributed by atoms with Gasteiger partial charge in [0.1, 0.15) is 17.2 Å². The van der Waals surface area contributed by atoms with Crippen LogP contribution in [0.1, 0.15) is 27.2 Å². The Labute approximate surface area is 185 Å². The lowest BCUT2D eigenvalue weighted by molar-refractivity contribution is -0.122. The first kappa shape index (κ1) is 23.1. The lowest BCUT2D eigenvalue weighted by atomic mass is 10.1. The molecule has 3 amide bonds. The minimum absolute atomic E-state index is 0.00593. The Kier molecular flexibility index (Phi) is 6.67. The Morgan fingerprint density at radius 2 is 1.81 bits per heavy atom. The molecule has 0 saturated carbocycles. The fourth-order valence-corrected chi connectivity index (χ4v) is 3.35. The molecule has 0 bridgehead atoms. The summed E-state index contributed by atoms with van der Waals surface area (Å²) >= 11 is 0. The molecule has 1 saturated heterocycles. The van der Waals surface area contributed by atoms with Gasteiger partial charge in [0.05, 0.1) is 30.1 Å². The molecule has 32 heavy (non-hydrogen) atoms. The third kappa shape index (κ3) is 5.54. The zero-order valence-electron chi connectivity index (χ0n) is 18.4. The lowest BCUT2D eigenvalue weighted by Crippen LogP contribution is -2.29. The molecule has 2 N–H and O–H groups in total. The number of halogens is 1. The SMILES string of the molecule is COc1ccccc1N1CC(C(=O)Nc2cc(F)ccc2NC(=O)OC(C)(C)C)CC1=O. The van der Waals surface area contributed by atoms with E-state index in [9.17, 15) is 18.8 Å². The monoisotopic (exact) mass is 443 g/mol. The molecule has 0 radical (unpaired) electrons. The van der Waals surface area contributed by atoms with Crippen molar-refractivity contribution >= 4 is 35.0 Å². The fraction of sp³-hybridized carbons (Fsp3) is 0.348. The van der Waals surface area contributed by atoms with Crippen LogP contribution in [0.4, 0.5) is 26.2 Å². The molecule has 1 unspecified atom stereocenters. The number of hydrogen-bond donors (Lipinski definition) is 2. The van der Waals surface area contributed by atoms with Crippen molar-refractivity contribution in [2.45, 2.75) is 32.8 Å². The van der Waals surface area contributed by atoms with Crippen LogP contribution in [0.3, 0.4) is 0 Å². The highest BCUT2D eigenvalue weighted by molar-refractivity contribution is 6.05. The van der Waals surface area contributed by atoms with Crippen LogP contribution in [0.25, 0.3) is 0 Å². The van der Waals surface area contributed by atoms with Crippen molar-refractivity contribution in [1.82, 2.24) is 0 Å². The predicted octanol–water partition coefficient (Wildman–Crippen LogP) is 4.17. The maximum atomic E-state index is 13.8. The molecule has 2 aromatic rings. The van der Waals surface area contributed by atoms with Gasteiger partial charge in [-0.1, -0.05) is 12.1 Å². The van der Waals surface area contributed by atoms with Gasteiger partial charge in [-0.25, -0.2) is 9.18 Å². The van der Waals surface area contributed by atoms with Crippen molar-refractivity contribution in [3.8, 4) is 5.75 Å². The summed E-state index contributed by atoms with van der Waals surface area (Å²) in [6, 6.07) is 10.6. The van der Waals surface area contributed by atoms with Gasteiger partial charge in [-0.3, -0.25) is 14.9 Å². The summed E-state index contributed by atoms with van der Waals surface area (Å²) < 4.78 is 24.4. The summed E-state index contributed by atoms with van der Waals surface area (Å²) in [4.78, 5) is 39.1. The minimum atomic E-state index is -0.738. The second kappa shape index (κ2) is 9.25. The molecular weight excluding hydrogens is 417 g/mol. The van der Waals surface area contributed by atoms with E-state index >= 15 is 0 Å². The third-order valence-corrected chi connectivity index (χ3v) is 4.75. The molecule has 0 aliphatic carbocycles. The van der Waals surface area contributed by atoms with Crippen LogP contribution in [0.2, 0.25) is 0 Å². The summed E-state index contributed by atoms with van der Waals surface area (Å²) in [7, 11) is 1.51. The number of para-hydroxylation sites is 2. The first-order chi connectivity index (χ1) is 15.1. The van der Waals surface area contributed by atoms with E-state index in [-0.39, 0.29) is 30.2 Å². The highest BCUT2D eigenvalue weighted by Crippen LogP contribution is 2.33. The second-order valence-electron chi connectivity index (χ2n) is 8.38. The Morgan fingerprint density at radius 3 is 2.50 bits per heavy atom. The van der Waals surface area contributed by atoms with Gasteiger partial charge in [0.2, 0.25) is 11.8 Å². The molecule has 0 spiro atoms. The summed E-state index contributed by atoms with van der Waals surface area (Å²) in [6.07, 6.45) is -0.744. The van der Waals surface area contributed by atoms with Gasteiger partial charge >= 0.3 is 6.09 Å².